The van der Waals surface area contributed by atoms with E-state index in [9.17, 15) is 18.8 Å². The number of carbonyl (C=O) groups is 2. The molecule has 2 aromatic carbocycles. The minimum atomic E-state index is -0.824. The van der Waals surface area contributed by atoms with Gasteiger partial charge in [-0.25, -0.2) is 9.18 Å². The lowest BCUT2D eigenvalue weighted by Gasteiger charge is -2.13. The van der Waals surface area contributed by atoms with Gasteiger partial charge in [0.25, 0.3) is 5.56 Å². The maximum atomic E-state index is 13.2. The van der Waals surface area contributed by atoms with E-state index in [2.05, 4.69) is 10.4 Å². The Morgan fingerprint density at radius 2 is 1.73 bits per heavy atom. The zero-order valence-electron chi connectivity index (χ0n) is 18.3. The minimum Gasteiger partial charge on any atom is -0.493 e. The van der Waals surface area contributed by atoms with Gasteiger partial charge >= 0.3 is 5.97 Å². The second kappa shape index (κ2) is 10.4. The van der Waals surface area contributed by atoms with Crippen molar-refractivity contribution in [3.63, 3.8) is 0 Å². The van der Waals surface area contributed by atoms with Crippen molar-refractivity contribution >= 4 is 17.6 Å². The summed E-state index contributed by atoms with van der Waals surface area (Å²) in [6, 6.07) is 11.1. The van der Waals surface area contributed by atoms with Crippen molar-refractivity contribution in [1.82, 2.24) is 9.78 Å². The van der Waals surface area contributed by atoms with Gasteiger partial charge in [0, 0.05) is 6.07 Å². The van der Waals surface area contributed by atoms with Crippen molar-refractivity contribution in [2.45, 2.75) is 13.3 Å². The highest BCUT2D eigenvalue weighted by atomic mass is 19.1. The van der Waals surface area contributed by atoms with Crippen LogP contribution in [0.25, 0.3) is 5.69 Å². The molecule has 9 nitrogen and oxygen atoms in total. The van der Waals surface area contributed by atoms with Gasteiger partial charge in [-0.15, -0.1) is 0 Å². The largest absolute Gasteiger partial charge is 0.493 e. The number of hydrogen-bond donors (Lipinski definition) is 1. The van der Waals surface area contributed by atoms with E-state index in [0.717, 1.165) is 22.9 Å². The van der Waals surface area contributed by atoms with Gasteiger partial charge in [0.05, 0.1) is 38.6 Å². The van der Waals surface area contributed by atoms with Crippen LogP contribution >= 0.6 is 0 Å². The predicted octanol–water partition coefficient (Wildman–Crippen LogP) is 2.75. The second-order valence-corrected chi connectivity index (χ2v) is 6.77. The van der Waals surface area contributed by atoms with Crippen molar-refractivity contribution in [1.29, 1.82) is 0 Å². The van der Waals surface area contributed by atoms with Gasteiger partial charge in [-0.05, 0) is 48.9 Å². The first-order valence-corrected chi connectivity index (χ1v) is 9.94. The molecule has 0 radical (unpaired) electrons. The molecule has 33 heavy (non-hydrogen) atoms. The summed E-state index contributed by atoms with van der Waals surface area (Å²) in [6.45, 7) is 1.68. The Balaban J connectivity index is 1.92. The van der Waals surface area contributed by atoms with E-state index in [1.54, 1.807) is 25.1 Å². The van der Waals surface area contributed by atoms with Crippen LogP contribution in [0, 0.1) is 5.82 Å². The Morgan fingerprint density at radius 1 is 1.03 bits per heavy atom. The van der Waals surface area contributed by atoms with Gasteiger partial charge in [0.1, 0.15) is 5.82 Å². The third-order valence-corrected chi connectivity index (χ3v) is 4.56. The summed E-state index contributed by atoms with van der Waals surface area (Å²) in [5.74, 6) is -0.835. The number of benzene rings is 2. The number of anilines is 1. The fraction of sp³-hybridized carbons (Fsp3) is 0.217. The van der Waals surface area contributed by atoms with Crippen LogP contribution in [0.3, 0.4) is 0 Å². The van der Waals surface area contributed by atoms with E-state index in [-0.39, 0.29) is 30.1 Å². The summed E-state index contributed by atoms with van der Waals surface area (Å²) in [4.78, 5) is 37.8. The van der Waals surface area contributed by atoms with Crippen molar-refractivity contribution < 1.29 is 28.2 Å². The van der Waals surface area contributed by atoms with Crippen molar-refractivity contribution in [2.24, 2.45) is 0 Å². The summed E-state index contributed by atoms with van der Waals surface area (Å²) in [6.07, 6.45) is -0.0658. The molecule has 10 heteroatoms. The molecular weight excluding hydrogens is 433 g/mol. The molecule has 0 spiro atoms. The number of nitrogens with one attached hydrogen (secondary N) is 1. The number of methoxy groups -OCH3 is 2. The molecule has 0 bridgehead atoms. The third kappa shape index (κ3) is 5.53. The molecule has 0 saturated heterocycles. The standard InChI is InChI=1S/C23H22FN3O6/c1-4-33-23(30)22-17(13-21(29)27(26-22)16-8-6-15(24)7-9-16)25-20(28)12-14-5-10-18(31-2)19(11-14)32-3/h5-11,13H,4,12H2,1-3H3,(H,25,28). The Bertz CT molecular complexity index is 1220. The quantitative estimate of drug-likeness (QED) is 0.520. The first kappa shape index (κ1) is 23.5. The summed E-state index contributed by atoms with van der Waals surface area (Å²) in [7, 11) is 2.98. The summed E-state index contributed by atoms with van der Waals surface area (Å²) in [5.41, 5.74) is -0.120. The maximum absolute atomic E-state index is 13.2. The molecule has 0 unspecified atom stereocenters. The van der Waals surface area contributed by atoms with Crippen LogP contribution in [0.5, 0.6) is 11.5 Å². The zero-order valence-corrected chi connectivity index (χ0v) is 18.3. The van der Waals surface area contributed by atoms with E-state index in [4.69, 9.17) is 14.2 Å². The number of aromatic nitrogens is 2. The fourth-order valence-corrected chi connectivity index (χ4v) is 3.04. The molecule has 0 fully saturated rings. The van der Waals surface area contributed by atoms with E-state index in [1.807, 2.05) is 0 Å². The molecule has 0 saturated carbocycles. The van der Waals surface area contributed by atoms with E-state index < -0.39 is 23.3 Å². The summed E-state index contributed by atoms with van der Waals surface area (Å²) in [5, 5.41) is 6.60. The zero-order chi connectivity index (χ0) is 24.0. The third-order valence-electron chi connectivity index (χ3n) is 4.56. The first-order chi connectivity index (χ1) is 15.9. The number of halogens is 1. The molecule has 3 aromatic rings. The highest BCUT2D eigenvalue weighted by Crippen LogP contribution is 2.27. The number of carbonyl (C=O) groups excluding carboxylic acids is 2. The Labute approximate surface area is 188 Å². The average Bonchev–Trinajstić information content (AvgIpc) is 2.80. The lowest BCUT2D eigenvalue weighted by molar-refractivity contribution is -0.115. The molecule has 1 N–H and O–H groups in total. The molecule has 1 amide bonds. The van der Waals surface area contributed by atoms with E-state index in [1.165, 1.54) is 26.4 Å². The molecule has 0 aliphatic heterocycles. The Kier molecular flexibility index (Phi) is 7.39. The SMILES string of the molecule is CCOC(=O)c1nn(-c2ccc(F)cc2)c(=O)cc1NC(=O)Cc1ccc(OC)c(OC)c1. The summed E-state index contributed by atoms with van der Waals surface area (Å²) >= 11 is 0. The van der Waals surface area contributed by atoms with Gasteiger partial charge in [0.2, 0.25) is 5.91 Å². The van der Waals surface area contributed by atoms with Crippen LogP contribution in [0.2, 0.25) is 0 Å². The van der Waals surface area contributed by atoms with Crippen LogP contribution in [0.4, 0.5) is 10.1 Å². The van der Waals surface area contributed by atoms with Gasteiger partial charge < -0.3 is 19.5 Å². The molecule has 0 aliphatic carbocycles. The normalized spacial score (nSPS) is 10.4. The topological polar surface area (TPSA) is 109 Å². The van der Waals surface area contributed by atoms with Crippen molar-refractivity contribution in [3.8, 4) is 17.2 Å². The Hall–Kier alpha value is -4.21. The van der Waals surface area contributed by atoms with Crippen LogP contribution in [0.1, 0.15) is 23.0 Å². The number of nitrogens with zero attached hydrogens (tertiary/aromatic N) is 2. The molecular formula is C23H22FN3O6. The van der Waals surface area contributed by atoms with Crippen LogP contribution in [-0.2, 0) is 16.0 Å². The molecule has 3 rings (SSSR count). The molecule has 0 aliphatic rings. The fourth-order valence-electron chi connectivity index (χ4n) is 3.04. The van der Waals surface area contributed by atoms with E-state index >= 15 is 0 Å². The Morgan fingerprint density at radius 3 is 2.36 bits per heavy atom. The summed E-state index contributed by atoms with van der Waals surface area (Å²) < 4.78 is 29.6. The number of ether oxygens (including phenoxy) is 3. The second-order valence-electron chi connectivity index (χ2n) is 6.77. The number of esters is 1. The highest BCUT2D eigenvalue weighted by molar-refractivity contribution is 6.00. The van der Waals surface area contributed by atoms with E-state index in [0.29, 0.717) is 17.1 Å². The van der Waals surface area contributed by atoms with Crippen molar-refractivity contribution in [2.75, 3.05) is 26.1 Å². The van der Waals surface area contributed by atoms with Crippen LogP contribution < -0.4 is 20.3 Å². The average molecular weight is 455 g/mol. The minimum absolute atomic E-state index is 0.0647. The molecule has 0 atom stereocenters. The first-order valence-electron chi connectivity index (χ1n) is 9.94. The molecule has 172 valence electrons. The maximum Gasteiger partial charge on any atom is 0.360 e. The number of amides is 1. The van der Waals surface area contributed by atoms with Gasteiger partial charge in [0.15, 0.2) is 17.2 Å². The van der Waals surface area contributed by atoms with Crippen LogP contribution in [-0.4, -0.2) is 42.5 Å². The van der Waals surface area contributed by atoms with Gasteiger partial charge in [-0.3, -0.25) is 9.59 Å². The van der Waals surface area contributed by atoms with Crippen molar-refractivity contribution in [3.05, 3.63) is 76.0 Å². The molecule has 1 aromatic heterocycles. The van der Waals surface area contributed by atoms with Gasteiger partial charge in [-0.2, -0.15) is 9.78 Å². The van der Waals surface area contributed by atoms with Gasteiger partial charge in [-0.1, -0.05) is 6.07 Å². The molecule has 1 heterocycles. The number of hydrogen-bond acceptors (Lipinski definition) is 7. The lowest BCUT2D eigenvalue weighted by Crippen LogP contribution is -2.27. The monoisotopic (exact) mass is 455 g/mol. The predicted molar refractivity (Wildman–Crippen MR) is 118 cm³/mol. The van der Waals surface area contributed by atoms with Crippen LogP contribution in [0.15, 0.2) is 53.3 Å². The lowest BCUT2D eigenvalue weighted by atomic mass is 10.1. The smallest absolute Gasteiger partial charge is 0.360 e. The highest BCUT2D eigenvalue weighted by Gasteiger charge is 2.20. The number of rotatable bonds is 8.